The highest BCUT2D eigenvalue weighted by Gasteiger charge is 2.12. The first kappa shape index (κ1) is 13.1. The molecule has 0 fully saturated rings. The standard InChI is InChI=1S/C13H15N3O3/c1-8(2)18-10-5-3-9(4-6-10)12-7-11(16-19-12)13(17)15-14/h3-8H,14H2,1-2H3,(H,15,17). The normalized spacial score (nSPS) is 10.5. The molecule has 1 aromatic carbocycles. The Morgan fingerprint density at radius 3 is 2.63 bits per heavy atom. The summed E-state index contributed by atoms with van der Waals surface area (Å²) in [4.78, 5) is 11.3. The van der Waals surface area contributed by atoms with Gasteiger partial charge in [-0.25, -0.2) is 5.84 Å². The predicted molar refractivity (Wildman–Crippen MR) is 69.4 cm³/mol. The molecule has 1 amide bonds. The lowest BCUT2D eigenvalue weighted by Gasteiger charge is -2.09. The second kappa shape index (κ2) is 5.53. The summed E-state index contributed by atoms with van der Waals surface area (Å²) in [6.45, 7) is 3.92. The van der Waals surface area contributed by atoms with E-state index in [1.165, 1.54) is 6.07 Å². The van der Waals surface area contributed by atoms with Crippen LogP contribution in [-0.2, 0) is 0 Å². The van der Waals surface area contributed by atoms with Gasteiger partial charge in [0.05, 0.1) is 6.10 Å². The Balaban J connectivity index is 2.18. The molecule has 1 heterocycles. The summed E-state index contributed by atoms with van der Waals surface area (Å²) in [5.41, 5.74) is 2.94. The molecule has 0 saturated heterocycles. The monoisotopic (exact) mass is 261 g/mol. The number of rotatable bonds is 4. The highest BCUT2D eigenvalue weighted by atomic mass is 16.5. The predicted octanol–water partition coefficient (Wildman–Crippen LogP) is 1.73. The van der Waals surface area contributed by atoms with Crippen LogP contribution in [0.1, 0.15) is 24.3 Å². The van der Waals surface area contributed by atoms with Crippen LogP contribution in [0.5, 0.6) is 5.75 Å². The molecule has 0 spiro atoms. The molecule has 0 aliphatic carbocycles. The second-order valence-corrected chi connectivity index (χ2v) is 4.24. The van der Waals surface area contributed by atoms with Gasteiger partial charge >= 0.3 is 0 Å². The van der Waals surface area contributed by atoms with Crippen molar-refractivity contribution in [1.82, 2.24) is 10.6 Å². The molecular formula is C13H15N3O3. The van der Waals surface area contributed by atoms with Crippen LogP contribution in [-0.4, -0.2) is 17.2 Å². The molecule has 0 bridgehead atoms. The Morgan fingerprint density at radius 1 is 1.37 bits per heavy atom. The van der Waals surface area contributed by atoms with Crippen molar-refractivity contribution in [2.24, 2.45) is 5.84 Å². The van der Waals surface area contributed by atoms with Gasteiger partial charge in [0.1, 0.15) is 5.75 Å². The van der Waals surface area contributed by atoms with E-state index in [2.05, 4.69) is 5.16 Å². The van der Waals surface area contributed by atoms with E-state index in [0.29, 0.717) is 5.76 Å². The molecule has 0 saturated carbocycles. The largest absolute Gasteiger partial charge is 0.491 e. The van der Waals surface area contributed by atoms with Gasteiger partial charge in [0.25, 0.3) is 5.91 Å². The van der Waals surface area contributed by atoms with Crippen molar-refractivity contribution in [2.45, 2.75) is 20.0 Å². The number of carbonyl (C=O) groups is 1. The molecule has 0 aliphatic heterocycles. The maximum absolute atomic E-state index is 11.3. The summed E-state index contributed by atoms with van der Waals surface area (Å²) in [7, 11) is 0. The Morgan fingerprint density at radius 2 is 2.05 bits per heavy atom. The average molecular weight is 261 g/mol. The van der Waals surface area contributed by atoms with Gasteiger partial charge < -0.3 is 9.26 Å². The van der Waals surface area contributed by atoms with Crippen LogP contribution in [0.2, 0.25) is 0 Å². The van der Waals surface area contributed by atoms with Gasteiger partial charge in [0.15, 0.2) is 11.5 Å². The van der Waals surface area contributed by atoms with Crippen molar-refractivity contribution in [3.8, 4) is 17.1 Å². The van der Waals surface area contributed by atoms with Gasteiger partial charge in [-0.1, -0.05) is 5.16 Å². The average Bonchev–Trinajstić information content (AvgIpc) is 2.87. The van der Waals surface area contributed by atoms with Gasteiger partial charge in [-0.3, -0.25) is 10.2 Å². The third kappa shape index (κ3) is 3.11. The van der Waals surface area contributed by atoms with Crippen LogP contribution in [0, 0.1) is 0 Å². The van der Waals surface area contributed by atoms with Crippen LogP contribution in [0.25, 0.3) is 11.3 Å². The summed E-state index contributed by atoms with van der Waals surface area (Å²) >= 11 is 0. The highest BCUT2D eigenvalue weighted by molar-refractivity contribution is 5.92. The molecular weight excluding hydrogens is 246 g/mol. The lowest BCUT2D eigenvalue weighted by molar-refractivity contribution is 0.0944. The van der Waals surface area contributed by atoms with Crippen molar-refractivity contribution in [3.05, 3.63) is 36.0 Å². The van der Waals surface area contributed by atoms with Crippen molar-refractivity contribution in [3.63, 3.8) is 0 Å². The fourth-order valence-electron chi connectivity index (χ4n) is 1.56. The molecule has 19 heavy (non-hydrogen) atoms. The molecule has 0 aliphatic rings. The molecule has 2 rings (SSSR count). The maximum Gasteiger partial charge on any atom is 0.287 e. The molecule has 6 nitrogen and oxygen atoms in total. The molecule has 1 aromatic heterocycles. The summed E-state index contributed by atoms with van der Waals surface area (Å²) in [5, 5.41) is 3.64. The van der Waals surface area contributed by atoms with Crippen molar-refractivity contribution < 1.29 is 14.1 Å². The Kier molecular flexibility index (Phi) is 3.82. The van der Waals surface area contributed by atoms with E-state index in [0.717, 1.165) is 11.3 Å². The van der Waals surface area contributed by atoms with Crippen molar-refractivity contribution in [2.75, 3.05) is 0 Å². The Bertz CT molecular complexity index is 561. The number of nitrogens with one attached hydrogen (secondary N) is 1. The number of nitrogen functional groups attached to an aromatic ring is 1. The molecule has 0 radical (unpaired) electrons. The van der Waals surface area contributed by atoms with E-state index >= 15 is 0 Å². The van der Waals surface area contributed by atoms with E-state index in [1.54, 1.807) is 0 Å². The minimum absolute atomic E-state index is 0.121. The first-order valence-corrected chi connectivity index (χ1v) is 5.85. The molecule has 2 aromatic rings. The fourth-order valence-corrected chi connectivity index (χ4v) is 1.56. The number of hydrogen-bond acceptors (Lipinski definition) is 5. The summed E-state index contributed by atoms with van der Waals surface area (Å²) in [6.07, 6.45) is 0.121. The summed E-state index contributed by atoms with van der Waals surface area (Å²) < 4.78 is 10.6. The van der Waals surface area contributed by atoms with Gasteiger partial charge in [0.2, 0.25) is 0 Å². The van der Waals surface area contributed by atoms with Gasteiger partial charge in [-0.15, -0.1) is 0 Å². The Hall–Kier alpha value is -2.34. The zero-order valence-corrected chi connectivity index (χ0v) is 10.7. The van der Waals surface area contributed by atoms with E-state index in [1.807, 2.05) is 43.5 Å². The van der Waals surface area contributed by atoms with Crippen LogP contribution in [0.3, 0.4) is 0 Å². The zero-order chi connectivity index (χ0) is 13.8. The third-order valence-electron chi connectivity index (χ3n) is 2.38. The second-order valence-electron chi connectivity index (χ2n) is 4.24. The number of ether oxygens (including phenoxy) is 1. The first-order valence-electron chi connectivity index (χ1n) is 5.85. The number of aromatic nitrogens is 1. The number of nitrogens with zero attached hydrogens (tertiary/aromatic N) is 1. The third-order valence-corrected chi connectivity index (χ3v) is 2.38. The molecule has 0 atom stereocenters. The molecule has 0 unspecified atom stereocenters. The molecule has 3 N–H and O–H groups in total. The minimum Gasteiger partial charge on any atom is -0.491 e. The minimum atomic E-state index is -0.491. The maximum atomic E-state index is 11.3. The van der Waals surface area contributed by atoms with Gasteiger partial charge in [-0.2, -0.15) is 0 Å². The number of benzene rings is 1. The summed E-state index contributed by atoms with van der Waals surface area (Å²) in [5.74, 6) is 5.80. The van der Waals surface area contributed by atoms with E-state index < -0.39 is 5.91 Å². The zero-order valence-electron chi connectivity index (χ0n) is 10.7. The number of nitrogens with two attached hydrogens (primary N) is 1. The molecule has 6 heteroatoms. The summed E-state index contributed by atoms with van der Waals surface area (Å²) in [6, 6.07) is 8.87. The Labute approximate surface area is 110 Å². The van der Waals surface area contributed by atoms with Crippen molar-refractivity contribution in [1.29, 1.82) is 0 Å². The van der Waals surface area contributed by atoms with Gasteiger partial charge in [-0.05, 0) is 38.1 Å². The van der Waals surface area contributed by atoms with Crippen LogP contribution in [0.4, 0.5) is 0 Å². The SMILES string of the molecule is CC(C)Oc1ccc(-c2cc(C(=O)NN)no2)cc1. The van der Waals surface area contributed by atoms with E-state index in [-0.39, 0.29) is 11.8 Å². The fraction of sp³-hybridized carbons (Fsp3) is 0.231. The van der Waals surface area contributed by atoms with Crippen LogP contribution >= 0.6 is 0 Å². The molecule has 100 valence electrons. The van der Waals surface area contributed by atoms with Crippen LogP contribution in [0.15, 0.2) is 34.9 Å². The quantitative estimate of drug-likeness (QED) is 0.497. The number of hydrazine groups is 1. The number of amides is 1. The van der Waals surface area contributed by atoms with Crippen LogP contribution < -0.4 is 16.0 Å². The lowest BCUT2D eigenvalue weighted by atomic mass is 10.1. The first-order chi connectivity index (χ1) is 9.10. The van der Waals surface area contributed by atoms with Gasteiger partial charge in [0, 0.05) is 11.6 Å². The van der Waals surface area contributed by atoms with E-state index in [9.17, 15) is 4.79 Å². The smallest absolute Gasteiger partial charge is 0.287 e. The lowest BCUT2D eigenvalue weighted by Crippen LogP contribution is -2.30. The number of hydrogen-bond donors (Lipinski definition) is 2. The van der Waals surface area contributed by atoms with Crippen molar-refractivity contribution >= 4 is 5.91 Å². The number of carbonyl (C=O) groups excluding carboxylic acids is 1. The van der Waals surface area contributed by atoms with E-state index in [4.69, 9.17) is 15.1 Å². The topological polar surface area (TPSA) is 90.4 Å². The highest BCUT2D eigenvalue weighted by Crippen LogP contribution is 2.23.